The number of nitrogen functional groups attached to an aromatic ring is 1. The zero-order valence-corrected chi connectivity index (χ0v) is 12.1. The fourth-order valence-electron chi connectivity index (χ4n) is 2.62. The van der Waals surface area contributed by atoms with Crippen LogP contribution in [0.25, 0.3) is 11.1 Å². The molecule has 4 heteroatoms. The number of nitrogens with zero attached hydrogens (tertiary/aromatic N) is 2. The van der Waals surface area contributed by atoms with Crippen LogP contribution in [-0.4, -0.2) is 18.1 Å². The first-order valence-corrected chi connectivity index (χ1v) is 7.38. The molecular weight excluding hydrogens is 270 g/mol. The Morgan fingerprint density at radius 2 is 1.70 bits per heavy atom. The van der Waals surface area contributed by atoms with E-state index in [2.05, 4.69) is 34.1 Å². The minimum absolute atomic E-state index is 0.375. The highest BCUT2D eigenvalue weighted by Crippen LogP contribution is 2.27. The first-order chi connectivity index (χ1) is 9.74. The minimum atomic E-state index is 0.375. The topological polar surface area (TPSA) is 42.1 Å². The number of rotatable bonds is 2. The quantitative estimate of drug-likeness (QED) is 0.908. The Labute approximate surface area is 124 Å². The fourth-order valence-corrected chi connectivity index (χ4v) is 2.79. The summed E-state index contributed by atoms with van der Waals surface area (Å²) in [6, 6.07) is 10.4. The number of hydrogen-bond acceptors (Lipinski definition) is 3. The Morgan fingerprint density at radius 3 is 2.35 bits per heavy atom. The van der Waals surface area contributed by atoms with Gasteiger partial charge in [-0.3, -0.25) is 0 Å². The summed E-state index contributed by atoms with van der Waals surface area (Å²) in [5.74, 6) is 0.375. The third kappa shape index (κ3) is 2.73. The van der Waals surface area contributed by atoms with Crippen molar-refractivity contribution >= 4 is 23.1 Å². The second kappa shape index (κ2) is 5.71. The van der Waals surface area contributed by atoms with Gasteiger partial charge in [0.1, 0.15) is 5.82 Å². The predicted octanol–water partition coefficient (Wildman–Crippen LogP) is 3.97. The molecule has 0 atom stereocenters. The highest BCUT2D eigenvalue weighted by Gasteiger charge is 2.11. The maximum atomic E-state index is 6.02. The SMILES string of the molecule is Nc1ncc(-c2ccc(N3CCCCC3)cc2)cc1Cl. The Balaban J connectivity index is 1.83. The highest BCUT2D eigenvalue weighted by molar-refractivity contribution is 6.33. The molecule has 2 heterocycles. The van der Waals surface area contributed by atoms with E-state index in [9.17, 15) is 0 Å². The summed E-state index contributed by atoms with van der Waals surface area (Å²) in [5.41, 5.74) is 9.04. The average Bonchev–Trinajstić information content (AvgIpc) is 2.51. The van der Waals surface area contributed by atoms with Crippen LogP contribution in [0, 0.1) is 0 Å². The lowest BCUT2D eigenvalue weighted by molar-refractivity contribution is 0.578. The monoisotopic (exact) mass is 287 g/mol. The molecule has 1 aliphatic heterocycles. The molecule has 104 valence electrons. The van der Waals surface area contributed by atoms with Gasteiger partial charge in [-0.05, 0) is 43.0 Å². The smallest absolute Gasteiger partial charge is 0.142 e. The first kappa shape index (κ1) is 13.3. The van der Waals surface area contributed by atoms with Crippen molar-refractivity contribution in [1.82, 2.24) is 4.98 Å². The largest absolute Gasteiger partial charge is 0.382 e. The van der Waals surface area contributed by atoms with Gasteiger partial charge in [0.05, 0.1) is 5.02 Å². The van der Waals surface area contributed by atoms with Gasteiger partial charge in [-0.25, -0.2) is 4.98 Å². The average molecular weight is 288 g/mol. The zero-order chi connectivity index (χ0) is 13.9. The Hall–Kier alpha value is -1.74. The third-order valence-corrected chi connectivity index (χ3v) is 4.09. The molecule has 0 unspecified atom stereocenters. The standard InChI is InChI=1S/C16H18ClN3/c17-15-10-13(11-19-16(15)18)12-4-6-14(7-5-12)20-8-2-1-3-9-20/h4-7,10-11H,1-3,8-9H2,(H2,18,19). The number of benzene rings is 1. The van der Waals surface area contributed by atoms with Gasteiger partial charge in [-0.1, -0.05) is 23.7 Å². The van der Waals surface area contributed by atoms with Gasteiger partial charge in [0.2, 0.25) is 0 Å². The van der Waals surface area contributed by atoms with Gasteiger partial charge in [-0.15, -0.1) is 0 Å². The van der Waals surface area contributed by atoms with Crippen LogP contribution in [0.1, 0.15) is 19.3 Å². The fraction of sp³-hybridized carbons (Fsp3) is 0.312. The summed E-state index contributed by atoms with van der Waals surface area (Å²) in [6.45, 7) is 2.32. The lowest BCUT2D eigenvalue weighted by Crippen LogP contribution is -2.29. The summed E-state index contributed by atoms with van der Waals surface area (Å²) in [7, 11) is 0. The van der Waals surface area contributed by atoms with E-state index in [1.165, 1.54) is 24.9 Å². The number of aromatic nitrogens is 1. The van der Waals surface area contributed by atoms with E-state index >= 15 is 0 Å². The van der Waals surface area contributed by atoms with E-state index in [1.807, 2.05) is 6.07 Å². The molecule has 1 saturated heterocycles. The van der Waals surface area contributed by atoms with Gasteiger partial charge in [0.15, 0.2) is 0 Å². The van der Waals surface area contributed by atoms with Crippen LogP contribution >= 0.6 is 11.6 Å². The van der Waals surface area contributed by atoms with E-state index in [-0.39, 0.29) is 0 Å². The number of anilines is 2. The van der Waals surface area contributed by atoms with Crippen LogP contribution in [-0.2, 0) is 0 Å². The van der Waals surface area contributed by atoms with E-state index in [1.54, 1.807) is 6.20 Å². The Morgan fingerprint density at radius 1 is 1.00 bits per heavy atom. The molecule has 2 aromatic rings. The molecule has 1 aromatic heterocycles. The van der Waals surface area contributed by atoms with E-state index in [0.717, 1.165) is 24.2 Å². The van der Waals surface area contributed by atoms with E-state index in [4.69, 9.17) is 17.3 Å². The van der Waals surface area contributed by atoms with Crippen molar-refractivity contribution in [2.24, 2.45) is 0 Å². The van der Waals surface area contributed by atoms with Gasteiger partial charge in [0.25, 0.3) is 0 Å². The normalized spacial score (nSPS) is 15.3. The molecule has 3 nitrogen and oxygen atoms in total. The maximum absolute atomic E-state index is 6.02. The van der Waals surface area contributed by atoms with Crippen molar-refractivity contribution in [3.8, 4) is 11.1 Å². The van der Waals surface area contributed by atoms with Crippen LogP contribution in [0.3, 0.4) is 0 Å². The van der Waals surface area contributed by atoms with E-state index in [0.29, 0.717) is 10.8 Å². The minimum Gasteiger partial charge on any atom is -0.382 e. The first-order valence-electron chi connectivity index (χ1n) is 7.00. The molecule has 1 fully saturated rings. The summed E-state index contributed by atoms with van der Waals surface area (Å²) in [6.07, 6.45) is 5.69. The van der Waals surface area contributed by atoms with Crippen molar-refractivity contribution in [2.75, 3.05) is 23.7 Å². The lowest BCUT2D eigenvalue weighted by atomic mass is 10.1. The molecule has 20 heavy (non-hydrogen) atoms. The van der Waals surface area contributed by atoms with Gasteiger partial charge in [0, 0.05) is 30.5 Å². The Bertz CT molecular complexity index is 589. The predicted molar refractivity (Wildman–Crippen MR) is 85.2 cm³/mol. The van der Waals surface area contributed by atoms with Crippen molar-refractivity contribution in [3.05, 3.63) is 41.6 Å². The Kier molecular flexibility index (Phi) is 3.79. The number of hydrogen-bond donors (Lipinski definition) is 1. The van der Waals surface area contributed by atoms with Gasteiger partial charge >= 0.3 is 0 Å². The molecular formula is C16H18ClN3. The highest BCUT2D eigenvalue weighted by atomic mass is 35.5. The second-order valence-electron chi connectivity index (χ2n) is 5.19. The number of piperidine rings is 1. The van der Waals surface area contributed by atoms with Crippen LogP contribution in [0.15, 0.2) is 36.5 Å². The molecule has 0 amide bonds. The van der Waals surface area contributed by atoms with Crippen molar-refractivity contribution < 1.29 is 0 Å². The molecule has 2 N–H and O–H groups in total. The molecule has 1 aliphatic rings. The molecule has 0 bridgehead atoms. The summed E-state index contributed by atoms with van der Waals surface area (Å²) >= 11 is 6.02. The summed E-state index contributed by atoms with van der Waals surface area (Å²) < 4.78 is 0. The van der Waals surface area contributed by atoms with Crippen LogP contribution < -0.4 is 10.6 Å². The second-order valence-corrected chi connectivity index (χ2v) is 5.59. The third-order valence-electron chi connectivity index (χ3n) is 3.79. The summed E-state index contributed by atoms with van der Waals surface area (Å²) in [5, 5.41) is 0.502. The molecule has 3 rings (SSSR count). The molecule has 1 aromatic carbocycles. The number of nitrogens with two attached hydrogens (primary N) is 1. The molecule has 0 radical (unpaired) electrons. The summed E-state index contributed by atoms with van der Waals surface area (Å²) in [4.78, 5) is 6.55. The number of pyridine rings is 1. The van der Waals surface area contributed by atoms with Crippen molar-refractivity contribution in [1.29, 1.82) is 0 Å². The lowest BCUT2D eigenvalue weighted by Gasteiger charge is -2.28. The van der Waals surface area contributed by atoms with Crippen LogP contribution in [0.5, 0.6) is 0 Å². The van der Waals surface area contributed by atoms with Crippen LogP contribution in [0.2, 0.25) is 5.02 Å². The van der Waals surface area contributed by atoms with Crippen LogP contribution in [0.4, 0.5) is 11.5 Å². The maximum Gasteiger partial charge on any atom is 0.142 e. The van der Waals surface area contributed by atoms with E-state index < -0.39 is 0 Å². The van der Waals surface area contributed by atoms with Gasteiger partial charge in [-0.2, -0.15) is 0 Å². The molecule has 0 aliphatic carbocycles. The van der Waals surface area contributed by atoms with Gasteiger partial charge < -0.3 is 10.6 Å². The zero-order valence-electron chi connectivity index (χ0n) is 11.3. The van der Waals surface area contributed by atoms with Crippen molar-refractivity contribution in [2.45, 2.75) is 19.3 Å². The molecule has 0 saturated carbocycles. The number of halogens is 1. The van der Waals surface area contributed by atoms with Crippen molar-refractivity contribution in [3.63, 3.8) is 0 Å². The molecule has 0 spiro atoms.